The van der Waals surface area contributed by atoms with Gasteiger partial charge < -0.3 is 15.0 Å². The van der Waals surface area contributed by atoms with Gasteiger partial charge in [-0.25, -0.2) is 0 Å². The van der Waals surface area contributed by atoms with E-state index in [0.717, 1.165) is 50.3 Å². The summed E-state index contributed by atoms with van der Waals surface area (Å²) in [6.45, 7) is 8.45. The molecule has 0 bridgehead atoms. The van der Waals surface area contributed by atoms with E-state index in [-0.39, 0.29) is 5.91 Å². The lowest BCUT2D eigenvalue weighted by Gasteiger charge is -2.32. The molecule has 0 radical (unpaired) electrons. The third-order valence-corrected chi connectivity index (χ3v) is 5.15. The number of hydrogen-bond donors (Lipinski definition) is 1. The van der Waals surface area contributed by atoms with Gasteiger partial charge in [0.05, 0.1) is 0 Å². The van der Waals surface area contributed by atoms with E-state index >= 15 is 0 Å². The summed E-state index contributed by atoms with van der Waals surface area (Å²) in [5, 5.41) is 3.41. The Morgan fingerprint density at radius 3 is 2.67 bits per heavy atom. The van der Waals surface area contributed by atoms with Crippen LogP contribution in [0.5, 0.6) is 5.75 Å². The maximum Gasteiger partial charge on any atom is 0.253 e. The van der Waals surface area contributed by atoms with Crippen molar-refractivity contribution in [3.05, 3.63) is 65.2 Å². The number of nitrogens with zero attached hydrogens (tertiary/aromatic N) is 1. The first kappa shape index (κ1) is 19.4. The van der Waals surface area contributed by atoms with Crippen molar-refractivity contribution >= 4 is 5.91 Å². The number of nitrogens with one attached hydrogen (secondary N) is 1. The van der Waals surface area contributed by atoms with Crippen LogP contribution in [-0.4, -0.2) is 37.0 Å². The number of ether oxygens (including phenoxy) is 1. The van der Waals surface area contributed by atoms with Crippen LogP contribution in [0.4, 0.5) is 0 Å². The molecule has 1 amide bonds. The average molecular weight is 367 g/mol. The molecule has 144 valence electrons. The standard InChI is InChI=1S/C23H30N2O2/c1-3-24-16-19-10-12-25(13-11-19)23(26)21-8-5-9-22(15-21)27-17-20-7-4-6-18(2)14-20/h4-9,14-15,19,24H,3,10-13,16-17H2,1-2H3. The van der Waals surface area contributed by atoms with Gasteiger partial charge in [0.2, 0.25) is 0 Å². The van der Waals surface area contributed by atoms with Gasteiger partial charge in [-0.15, -0.1) is 0 Å². The van der Waals surface area contributed by atoms with Crippen LogP contribution in [0.3, 0.4) is 0 Å². The lowest BCUT2D eigenvalue weighted by atomic mass is 9.96. The molecule has 4 heteroatoms. The van der Waals surface area contributed by atoms with Crippen LogP contribution >= 0.6 is 0 Å². The van der Waals surface area contributed by atoms with E-state index in [1.54, 1.807) is 0 Å². The van der Waals surface area contributed by atoms with Gasteiger partial charge >= 0.3 is 0 Å². The van der Waals surface area contributed by atoms with Crippen molar-refractivity contribution in [1.29, 1.82) is 0 Å². The molecule has 0 atom stereocenters. The van der Waals surface area contributed by atoms with Crippen LogP contribution < -0.4 is 10.1 Å². The minimum atomic E-state index is 0.109. The number of rotatable bonds is 7. The van der Waals surface area contributed by atoms with Gasteiger partial charge in [-0.1, -0.05) is 42.8 Å². The number of likely N-dealkylation sites (tertiary alicyclic amines) is 1. The maximum absolute atomic E-state index is 12.8. The molecule has 1 aliphatic rings. The average Bonchev–Trinajstić information content (AvgIpc) is 2.71. The highest BCUT2D eigenvalue weighted by Crippen LogP contribution is 2.21. The molecule has 0 aliphatic carbocycles. The summed E-state index contributed by atoms with van der Waals surface area (Å²) in [6, 6.07) is 15.8. The van der Waals surface area contributed by atoms with Crippen LogP contribution in [0.15, 0.2) is 48.5 Å². The highest BCUT2D eigenvalue weighted by atomic mass is 16.5. The molecular weight excluding hydrogens is 336 g/mol. The van der Waals surface area contributed by atoms with E-state index in [4.69, 9.17) is 4.74 Å². The number of carbonyl (C=O) groups excluding carboxylic acids is 1. The normalized spacial score (nSPS) is 15.0. The Morgan fingerprint density at radius 1 is 1.15 bits per heavy atom. The molecule has 0 spiro atoms. The van der Waals surface area contributed by atoms with E-state index in [1.165, 1.54) is 5.56 Å². The summed E-state index contributed by atoms with van der Waals surface area (Å²) in [5.41, 5.74) is 3.06. The molecular formula is C23H30N2O2. The Kier molecular flexibility index (Phi) is 6.88. The summed E-state index contributed by atoms with van der Waals surface area (Å²) in [4.78, 5) is 14.8. The summed E-state index contributed by atoms with van der Waals surface area (Å²) < 4.78 is 5.91. The number of hydrogen-bond acceptors (Lipinski definition) is 3. The molecule has 2 aromatic rings. The minimum absolute atomic E-state index is 0.109. The Balaban J connectivity index is 1.56. The fourth-order valence-electron chi connectivity index (χ4n) is 3.56. The third-order valence-electron chi connectivity index (χ3n) is 5.15. The van der Waals surface area contributed by atoms with Gasteiger partial charge in [-0.3, -0.25) is 4.79 Å². The van der Waals surface area contributed by atoms with Gasteiger partial charge in [0.25, 0.3) is 5.91 Å². The summed E-state index contributed by atoms with van der Waals surface area (Å²) in [7, 11) is 0. The quantitative estimate of drug-likeness (QED) is 0.804. The van der Waals surface area contributed by atoms with Crippen LogP contribution in [0.25, 0.3) is 0 Å². The number of amides is 1. The number of aryl methyl sites for hydroxylation is 1. The molecule has 0 aromatic heterocycles. The smallest absolute Gasteiger partial charge is 0.253 e. The van der Waals surface area contributed by atoms with Crippen molar-refractivity contribution in [1.82, 2.24) is 10.2 Å². The third kappa shape index (κ3) is 5.57. The van der Waals surface area contributed by atoms with Crippen molar-refractivity contribution in [2.45, 2.75) is 33.3 Å². The van der Waals surface area contributed by atoms with E-state index in [2.05, 4.69) is 37.4 Å². The lowest BCUT2D eigenvalue weighted by molar-refractivity contribution is 0.0690. The fraction of sp³-hybridized carbons (Fsp3) is 0.435. The predicted octanol–water partition coefficient (Wildman–Crippen LogP) is 4.04. The van der Waals surface area contributed by atoms with E-state index < -0.39 is 0 Å². The van der Waals surface area contributed by atoms with Crippen molar-refractivity contribution in [3.63, 3.8) is 0 Å². The molecule has 1 aliphatic heterocycles. The number of carbonyl (C=O) groups is 1. The second-order valence-electron chi connectivity index (χ2n) is 7.35. The number of piperidine rings is 1. The minimum Gasteiger partial charge on any atom is -0.489 e. The number of benzene rings is 2. The zero-order valence-electron chi connectivity index (χ0n) is 16.4. The van der Waals surface area contributed by atoms with Crippen molar-refractivity contribution in [2.75, 3.05) is 26.2 Å². The van der Waals surface area contributed by atoms with Gasteiger partial charge in [0.1, 0.15) is 12.4 Å². The van der Waals surface area contributed by atoms with E-state index in [1.807, 2.05) is 35.2 Å². The first-order valence-corrected chi connectivity index (χ1v) is 9.94. The Bertz CT molecular complexity index is 752. The molecule has 27 heavy (non-hydrogen) atoms. The Labute approximate surface area is 162 Å². The molecule has 1 heterocycles. The summed E-state index contributed by atoms with van der Waals surface area (Å²) >= 11 is 0. The zero-order valence-corrected chi connectivity index (χ0v) is 16.4. The van der Waals surface area contributed by atoms with Crippen LogP contribution in [0.1, 0.15) is 41.3 Å². The lowest BCUT2D eigenvalue weighted by Crippen LogP contribution is -2.40. The Morgan fingerprint density at radius 2 is 1.93 bits per heavy atom. The van der Waals surface area contributed by atoms with Crippen molar-refractivity contribution in [2.24, 2.45) is 5.92 Å². The molecule has 2 aromatic carbocycles. The largest absolute Gasteiger partial charge is 0.489 e. The topological polar surface area (TPSA) is 41.6 Å². The van der Waals surface area contributed by atoms with E-state index in [0.29, 0.717) is 18.1 Å². The highest BCUT2D eigenvalue weighted by molar-refractivity contribution is 5.94. The highest BCUT2D eigenvalue weighted by Gasteiger charge is 2.23. The Hall–Kier alpha value is -2.33. The molecule has 1 fully saturated rings. The van der Waals surface area contributed by atoms with Crippen LogP contribution in [0, 0.1) is 12.8 Å². The first-order valence-electron chi connectivity index (χ1n) is 9.94. The van der Waals surface area contributed by atoms with Crippen molar-refractivity contribution < 1.29 is 9.53 Å². The maximum atomic E-state index is 12.8. The molecule has 3 rings (SSSR count). The summed E-state index contributed by atoms with van der Waals surface area (Å²) in [6.07, 6.45) is 2.14. The van der Waals surface area contributed by atoms with Crippen molar-refractivity contribution in [3.8, 4) is 5.75 Å². The van der Waals surface area contributed by atoms with Gasteiger partial charge in [0.15, 0.2) is 0 Å². The second kappa shape index (κ2) is 9.56. The summed E-state index contributed by atoms with van der Waals surface area (Å²) in [5.74, 6) is 1.53. The van der Waals surface area contributed by atoms with Gasteiger partial charge in [-0.2, -0.15) is 0 Å². The molecule has 4 nitrogen and oxygen atoms in total. The van der Waals surface area contributed by atoms with E-state index in [9.17, 15) is 4.79 Å². The zero-order chi connectivity index (χ0) is 19.1. The predicted molar refractivity (Wildman–Crippen MR) is 109 cm³/mol. The molecule has 1 N–H and O–H groups in total. The fourth-order valence-corrected chi connectivity index (χ4v) is 3.56. The molecule has 0 saturated carbocycles. The monoisotopic (exact) mass is 366 g/mol. The van der Waals surface area contributed by atoms with Gasteiger partial charge in [-0.05, 0) is 62.5 Å². The molecule has 0 unspecified atom stereocenters. The van der Waals surface area contributed by atoms with Crippen LogP contribution in [-0.2, 0) is 6.61 Å². The second-order valence-corrected chi connectivity index (χ2v) is 7.35. The first-order chi connectivity index (χ1) is 13.2. The van der Waals surface area contributed by atoms with Gasteiger partial charge in [0, 0.05) is 18.7 Å². The molecule has 1 saturated heterocycles. The SMILES string of the molecule is CCNCC1CCN(C(=O)c2cccc(OCc3cccc(C)c3)c2)CC1. The van der Waals surface area contributed by atoms with Crippen LogP contribution in [0.2, 0.25) is 0 Å².